The van der Waals surface area contributed by atoms with Gasteiger partial charge in [-0.2, -0.15) is 5.10 Å². The van der Waals surface area contributed by atoms with Gasteiger partial charge in [-0.1, -0.05) is 45.0 Å². The topological polar surface area (TPSA) is 45.6 Å². The summed E-state index contributed by atoms with van der Waals surface area (Å²) in [6.07, 6.45) is 0.923. The van der Waals surface area contributed by atoms with E-state index in [1.807, 2.05) is 13.8 Å². The highest BCUT2D eigenvalue weighted by atomic mass is 32.1. The molecule has 0 aromatic heterocycles. The van der Waals surface area contributed by atoms with E-state index in [0.717, 1.165) is 37.5 Å². The molecule has 0 atom stereocenters. The summed E-state index contributed by atoms with van der Waals surface area (Å²) in [4.78, 5) is 0. The van der Waals surface area contributed by atoms with Crippen molar-refractivity contribution in [2.24, 2.45) is 5.10 Å². The predicted octanol–water partition coefficient (Wildman–Crippen LogP) is 3.60. The summed E-state index contributed by atoms with van der Waals surface area (Å²) in [5.41, 5.74) is 6.35. The Morgan fingerprint density at radius 2 is 1.87 bits per heavy atom. The Kier molecular flexibility index (Phi) is 8.20. The van der Waals surface area contributed by atoms with Crippen LogP contribution < -0.4 is 10.7 Å². The summed E-state index contributed by atoms with van der Waals surface area (Å²) in [6, 6.07) is 8.50. The molecule has 128 valence electrons. The lowest BCUT2D eigenvalue weighted by Crippen LogP contribution is -2.33. The molecule has 0 radical (unpaired) electrons. The SMILES string of the molecule is CCOCCCNC(=S)N/N=C(/C)c1ccc(C(C)(C)C)cc1. The lowest BCUT2D eigenvalue weighted by molar-refractivity contribution is 0.145. The van der Waals surface area contributed by atoms with E-state index in [1.165, 1.54) is 5.56 Å². The first-order valence-corrected chi connectivity index (χ1v) is 8.52. The normalized spacial score (nSPS) is 12.1. The van der Waals surface area contributed by atoms with Crippen LogP contribution in [0.2, 0.25) is 0 Å². The highest BCUT2D eigenvalue weighted by Crippen LogP contribution is 2.22. The highest BCUT2D eigenvalue weighted by molar-refractivity contribution is 7.80. The molecule has 0 saturated carbocycles. The minimum Gasteiger partial charge on any atom is -0.382 e. The van der Waals surface area contributed by atoms with E-state index in [9.17, 15) is 0 Å². The second-order valence-electron chi connectivity index (χ2n) is 6.44. The Balaban J connectivity index is 2.46. The molecule has 1 aromatic rings. The molecule has 0 bridgehead atoms. The van der Waals surface area contributed by atoms with Gasteiger partial charge in [-0.05, 0) is 49.0 Å². The van der Waals surface area contributed by atoms with Crippen molar-refractivity contribution >= 4 is 23.0 Å². The Labute approximate surface area is 145 Å². The fourth-order valence-electron chi connectivity index (χ4n) is 1.97. The summed E-state index contributed by atoms with van der Waals surface area (Å²) in [5.74, 6) is 0. The monoisotopic (exact) mass is 335 g/mol. The van der Waals surface area contributed by atoms with E-state index >= 15 is 0 Å². The third-order valence-corrected chi connectivity index (χ3v) is 3.68. The first kappa shape index (κ1) is 19.6. The van der Waals surface area contributed by atoms with Crippen molar-refractivity contribution in [1.29, 1.82) is 0 Å². The summed E-state index contributed by atoms with van der Waals surface area (Å²) in [5, 5.41) is 7.98. The molecule has 2 N–H and O–H groups in total. The highest BCUT2D eigenvalue weighted by Gasteiger charge is 2.13. The van der Waals surface area contributed by atoms with E-state index in [4.69, 9.17) is 17.0 Å². The zero-order chi connectivity index (χ0) is 17.3. The third kappa shape index (κ3) is 7.57. The molecule has 0 aliphatic carbocycles. The fourth-order valence-corrected chi connectivity index (χ4v) is 2.12. The lowest BCUT2D eigenvalue weighted by Gasteiger charge is -2.19. The Morgan fingerprint density at radius 1 is 1.22 bits per heavy atom. The number of benzene rings is 1. The van der Waals surface area contributed by atoms with Crippen LogP contribution in [0.3, 0.4) is 0 Å². The van der Waals surface area contributed by atoms with Gasteiger partial charge in [0.1, 0.15) is 0 Å². The Hall–Kier alpha value is -1.46. The van der Waals surface area contributed by atoms with Gasteiger partial charge in [0.15, 0.2) is 5.11 Å². The van der Waals surface area contributed by atoms with Gasteiger partial charge in [0, 0.05) is 19.8 Å². The van der Waals surface area contributed by atoms with Gasteiger partial charge in [-0.25, -0.2) is 0 Å². The molecular weight excluding hydrogens is 306 g/mol. The van der Waals surface area contributed by atoms with Crippen molar-refractivity contribution in [2.45, 2.75) is 46.5 Å². The third-order valence-electron chi connectivity index (χ3n) is 3.45. The van der Waals surface area contributed by atoms with Gasteiger partial charge in [0.2, 0.25) is 0 Å². The summed E-state index contributed by atoms with van der Waals surface area (Å²) in [6.45, 7) is 12.9. The zero-order valence-corrected chi connectivity index (χ0v) is 15.7. The van der Waals surface area contributed by atoms with Crippen molar-refractivity contribution in [2.75, 3.05) is 19.8 Å². The van der Waals surface area contributed by atoms with E-state index in [-0.39, 0.29) is 5.41 Å². The second-order valence-corrected chi connectivity index (χ2v) is 6.85. The van der Waals surface area contributed by atoms with Crippen molar-refractivity contribution in [3.63, 3.8) is 0 Å². The van der Waals surface area contributed by atoms with Crippen LogP contribution in [0.15, 0.2) is 29.4 Å². The number of nitrogens with one attached hydrogen (secondary N) is 2. The number of rotatable bonds is 7. The van der Waals surface area contributed by atoms with Crippen LogP contribution in [-0.4, -0.2) is 30.6 Å². The fraction of sp³-hybridized carbons (Fsp3) is 0.556. The number of hydrogen-bond donors (Lipinski definition) is 2. The van der Waals surface area contributed by atoms with E-state index in [2.05, 4.69) is 60.9 Å². The number of thiocarbonyl (C=S) groups is 1. The molecule has 0 heterocycles. The van der Waals surface area contributed by atoms with Crippen LogP contribution in [-0.2, 0) is 10.2 Å². The quantitative estimate of drug-likeness (QED) is 0.346. The first-order chi connectivity index (χ1) is 10.8. The van der Waals surface area contributed by atoms with Gasteiger partial charge < -0.3 is 10.1 Å². The average Bonchev–Trinajstić information content (AvgIpc) is 2.51. The number of hydrazone groups is 1. The number of ether oxygens (including phenoxy) is 1. The van der Waals surface area contributed by atoms with E-state index in [0.29, 0.717) is 5.11 Å². The molecule has 5 heteroatoms. The van der Waals surface area contributed by atoms with E-state index in [1.54, 1.807) is 0 Å². The molecule has 0 spiro atoms. The van der Waals surface area contributed by atoms with Gasteiger partial charge >= 0.3 is 0 Å². The molecule has 0 aliphatic rings. The van der Waals surface area contributed by atoms with Crippen LogP contribution in [0, 0.1) is 0 Å². The van der Waals surface area contributed by atoms with Crippen LogP contribution >= 0.6 is 12.2 Å². The molecule has 4 nitrogen and oxygen atoms in total. The Bertz CT molecular complexity index is 518. The maximum absolute atomic E-state index is 5.27. The summed E-state index contributed by atoms with van der Waals surface area (Å²) < 4.78 is 5.27. The molecular formula is C18H29N3OS. The smallest absolute Gasteiger partial charge is 0.186 e. The van der Waals surface area contributed by atoms with Crippen molar-refractivity contribution in [3.05, 3.63) is 35.4 Å². The first-order valence-electron chi connectivity index (χ1n) is 8.11. The van der Waals surface area contributed by atoms with Crippen molar-refractivity contribution in [1.82, 2.24) is 10.7 Å². The molecule has 0 fully saturated rings. The van der Waals surface area contributed by atoms with Crippen LogP contribution in [0.4, 0.5) is 0 Å². The number of nitrogens with zero attached hydrogens (tertiary/aromatic N) is 1. The van der Waals surface area contributed by atoms with E-state index < -0.39 is 0 Å². The van der Waals surface area contributed by atoms with Gasteiger partial charge in [0.05, 0.1) is 5.71 Å². The van der Waals surface area contributed by atoms with Crippen molar-refractivity contribution in [3.8, 4) is 0 Å². The zero-order valence-electron chi connectivity index (χ0n) is 14.9. The predicted molar refractivity (Wildman–Crippen MR) is 102 cm³/mol. The van der Waals surface area contributed by atoms with Gasteiger partial charge in [0.25, 0.3) is 0 Å². The summed E-state index contributed by atoms with van der Waals surface area (Å²) in [7, 11) is 0. The van der Waals surface area contributed by atoms with Crippen LogP contribution in [0.1, 0.15) is 52.2 Å². The largest absolute Gasteiger partial charge is 0.382 e. The molecule has 1 rings (SSSR count). The summed E-state index contributed by atoms with van der Waals surface area (Å²) >= 11 is 5.20. The Morgan fingerprint density at radius 3 is 2.43 bits per heavy atom. The molecule has 1 aromatic carbocycles. The number of hydrogen-bond acceptors (Lipinski definition) is 3. The van der Waals surface area contributed by atoms with Gasteiger partial charge in [-0.15, -0.1) is 0 Å². The minimum absolute atomic E-state index is 0.162. The van der Waals surface area contributed by atoms with Crippen LogP contribution in [0.25, 0.3) is 0 Å². The average molecular weight is 336 g/mol. The van der Waals surface area contributed by atoms with Crippen LogP contribution in [0.5, 0.6) is 0 Å². The standard InChI is InChI=1S/C18H29N3OS/c1-6-22-13-7-12-19-17(23)21-20-14(2)15-8-10-16(11-9-15)18(3,4)5/h8-11H,6-7,12-13H2,1-5H3,(H2,19,21,23)/b20-14-. The maximum atomic E-state index is 5.27. The maximum Gasteiger partial charge on any atom is 0.186 e. The molecule has 0 unspecified atom stereocenters. The van der Waals surface area contributed by atoms with Crippen molar-refractivity contribution < 1.29 is 4.74 Å². The second kappa shape index (κ2) is 9.63. The molecule has 23 heavy (non-hydrogen) atoms. The lowest BCUT2D eigenvalue weighted by atomic mass is 9.86. The van der Waals surface area contributed by atoms with Gasteiger partial charge in [-0.3, -0.25) is 5.43 Å². The molecule has 0 aliphatic heterocycles. The molecule has 0 amide bonds. The minimum atomic E-state index is 0.162. The molecule has 0 saturated heterocycles.